The molecule has 0 unspecified atom stereocenters. The Morgan fingerprint density at radius 3 is 2.69 bits per heavy atom. The van der Waals surface area contributed by atoms with Crippen LogP contribution in [0, 0.1) is 6.92 Å². The van der Waals surface area contributed by atoms with Crippen molar-refractivity contribution in [1.29, 1.82) is 0 Å². The summed E-state index contributed by atoms with van der Waals surface area (Å²) in [6.07, 6.45) is 1.75. The lowest BCUT2D eigenvalue weighted by molar-refractivity contribution is 0.285. The number of aromatic nitrogens is 1. The van der Waals surface area contributed by atoms with Gasteiger partial charge in [0.15, 0.2) is 0 Å². The molecule has 2 nitrogen and oxygen atoms in total. The summed E-state index contributed by atoms with van der Waals surface area (Å²) in [5.41, 5.74) is 1.28. The first-order valence-electron chi connectivity index (χ1n) is 5.02. The van der Waals surface area contributed by atoms with Crippen LogP contribution in [0.3, 0.4) is 0 Å². The van der Waals surface area contributed by atoms with E-state index in [1.165, 1.54) is 10.5 Å². The molecular formula is C12H13NOS2. The third-order valence-corrected chi connectivity index (χ3v) is 4.33. The normalized spacial score (nSPS) is 10.6. The molecular weight excluding hydrogens is 238 g/mol. The Morgan fingerprint density at radius 2 is 2.06 bits per heavy atom. The minimum absolute atomic E-state index is 0.0901. The molecule has 1 aromatic heterocycles. The number of rotatable bonds is 4. The molecule has 0 spiro atoms. The molecule has 1 N–H and O–H groups in total. The van der Waals surface area contributed by atoms with Crippen LogP contribution in [0.1, 0.15) is 15.4 Å². The topological polar surface area (TPSA) is 33.1 Å². The van der Waals surface area contributed by atoms with E-state index in [0.29, 0.717) is 0 Å². The monoisotopic (exact) mass is 251 g/mol. The SMILES string of the molecule is Cc1ccc(SCc2ncc(CO)s2)cc1. The maximum absolute atomic E-state index is 8.93. The van der Waals surface area contributed by atoms with Crippen LogP contribution in [-0.2, 0) is 12.4 Å². The molecule has 0 aliphatic carbocycles. The van der Waals surface area contributed by atoms with E-state index < -0.39 is 0 Å². The lowest BCUT2D eigenvalue weighted by Gasteiger charge is -1.99. The number of hydrogen-bond acceptors (Lipinski definition) is 4. The molecule has 16 heavy (non-hydrogen) atoms. The van der Waals surface area contributed by atoms with E-state index in [4.69, 9.17) is 5.11 Å². The zero-order valence-electron chi connectivity index (χ0n) is 9.01. The molecule has 0 aliphatic rings. The summed E-state index contributed by atoms with van der Waals surface area (Å²) in [4.78, 5) is 6.44. The van der Waals surface area contributed by atoms with E-state index in [-0.39, 0.29) is 6.61 Å². The van der Waals surface area contributed by atoms with Crippen molar-refractivity contribution in [2.75, 3.05) is 0 Å². The van der Waals surface area contributed by atoms with Crippen LogP contribution in [0.2, 0.25) is 0 Å². The molecule has 1 heterocycles. The summed E-state index contributed by atoms with van der Waals surface area (Å²) < 4.78 is 0. The second-order valence-electron chi connectivity index (χ2n) is 3.48. The van der Waals surface area contributed by atoms with Crippen molar-refractivity contribution in [2.45, 2.75) is 24.2 Å². The number of thioether (sulfide) groups is 1. The molecule has 0 radical (unpaired) electrons. The predicted octanol–water partition coefficient (Wildman–Crippen LogP) is 3.24. The highest BCUT2D eigenvalue weighted by molar-refractivity contribution is 7.98. The molecule has 0 saturated carbocycles. The Bertz CT molecular complexity index is 450. The number of hydrogen-bond donors (Lipinski definition) is 1. The third kappa shape index (κ3) is 3.07. The van der Waals surface area contributed by atoms with Gasteiger partial charge in [-0.25, -0.2) is 4.98 Å². The lowest BCUT2D eigenvalue weighted by atomic mass is 10.2. The molecule has 0 saturated heterocycles. The number of benzene rings is 1. The predicted molar refractivity (Wildman–Crippen MR) is 68.8 cm³/mol. The van der Waals surface area contributed by atoms with Crippen molar-refractivity contribution >= 4 is 23.1 Å². The fourth-order valence-electron chi connectivity index (χ4n) is 1.27. The lowest BCUT2D eigenvalue weighted by Crippen LogP contribution is -1.78. The zero-order valence-corrected chi connectivity index (χ0v) is 10.6. The van der Waals surface area contributed by atoms with Gasteiger partial charge in [0, 0.05) is 11.1 Å². The van der Waals surface area contributed by atoms with Gasteiger partial charge in [-0.3, -0.25) is 0 Å². The molecule has 4 heteroatoms. The third-order valence-electron chi connectivity index (χ3n) is 2.14. The Morgan fingerprint density at radius 1 is 1.31 bits per heavy atom. The first kappa shape index (κ1) is 11.6. The quantitative estimate of drug-likeness (QED) is 0.847. The van der Waals surface area contributed by atoms with Gasteiger partial charge in [-0.1, -0.05) is 17.7 Å². The number of nitrogens with zero attached hydrogens (tertiary/aromatic N) is 1. The standard InChI is InChI=1S/C12H13NOS2/c1-9-2-4-10(5-3-9)15-8-12-13-6-11(7-14)16-12/h2-6,14H,7-8H2,1H3. The molecule has 0 atom stereocenters. The van der Waals surface area contributed by atoms with Gasteiger partial charge in [0.2, 0.25) is 0 Å². The van der Waals surface area contributed by atoms with Crippen molar-refractivity contribution < 1.29 is 5.11 Å². The molecule has 0 fully saturated rings. The first-order chi connectivity index (χ1) is 7.78. The molecule has 2 rings (SSSR count). The Hall–Kier alpha value is -0.840. The molecule has 0 amide bonds. The van der Waals surface area contributed by atoms with Gasteiger partial charge in [-0.15, -0.1) is 23.1 Å². The van der Waals surface area contributed by atoms with Gasteiger partial charge >= 0.3 is 0 Å². The van der Waals surface area contributed by atoms with Crippen molar-refractivity contribution in [2.24, 2.45) is 0 Å². The second-order valence-corrected chi connectivity index (χ2v) is 5.73. The van der Waals surface area contributed by atoms with Crippen LogP contribution in [0.25, 0.3) is 0 Å². The number of aryl methyl sites for hydroxylation is 1. The maximum Gasteiger partial charge on any atom is 0.103 e. The van der Waals surface area contributed by atoms with E-state index in [1.807, 2.05) is 0 Å². The Balaban J connectivity index is 1.94. The first-order valence-corrected chi connectivity index (χ1v) is 6.82. The van der Waals surface area contributed by atoms with E-state index in [9.17, 15) is 0 Å². The summed E-state index contributed by atoms with van der Waals surface area (Å²) in [6, 6.07) is 8.48. The van der Waals surface area contributed by atoms with E-state index in [0.717, 1.165) is 15.6 Å². The average Bonchev–Trinajstić information content (AvgIpc) is 2.76. The zero-order chi connectivity index (χ0) is 11.4. The van der Waals surface area contributed by atoms with Crippen LogP contribution < -0.4 is 0 Å². The van der Waals surface area contributed by atoms with Crippen LogP contribution in [0.15, 0.2) is 35.4 Å². The number of aliphatic hydroxyl groups excluding tert-OH is 1. The average molecular weight is 251 g/mol. The van der Waals surface area contributed by atoms with Crippen molar-refractivity contribution in [3.8, 4) is 0 Å². The minimum atomic E-state index is 0.0901. The fraction of sp³-hybridized carbons (Fsp3) is 0.250. The van der Waals surface area contributed by atoms with Gasteiger partial charge in [0.05, 0.1) is 17.2 Å². The van der Waals surface area contributed by atoms with Crippen LogP contribution in [-0.4, -0.2) is 10.1 Å². The molecule has 0 bridgehead atoms. The van der Waals surface area contributed by atoms with Crippen LogP contribution in [0.4, 0.5) is 0 Å². The highest BCUT2D eigenvalue weighted by Crippen LogP contribution is 2.25. The smallest absolute Gasteiger partial charge is 0.103 e. The van der Waals surface area contributed by atoms with Gasteiger partial charge in [-0.05, 0) is 19.1 Å². The highest BCUT2D eigenvalue weighted by atomic mass is 32.2. The van der Waals surface area contributed by atoms with Gasteiger partial charge in [0.1, 0.15) is 5.01 Å². The molecule has 1 aromatic carbocycles. The largest absolute Gasteiger partial charge is 0.391 e. The second kappa shape index (κ2) is 5.48. The van der Waals surface area contributed by atoms with Crippen LogP contribution >= 0.6 is 23.1 Å². The number of aliphatic hydroxyl groups is 1. The highest BCUT2D eigenvalue weighted by Gasteiger charge is 2.02. The summed E-state index contributed by atoms with van der Waals surface area (Å²) in [7, 11) is 0. The van der Waals surface area contributed by atoms with Gasteiger partial charge < -0.3 is 5.11 Å². The summed E-state index contributed by atoms with van der Waals surface area (Å²) in [6.45, 7) is 2.18. The van der Waals surface area contributed by atoms with Crippen molar-refractivity contribution in [1.82, 2.24) is 4.98 Å². The Labute approximate surface area is 103 Å². The van der Waals surface area contributed by atoms with Crippen molar-refractivity contribution in [3.05, 3.63) is 45.9 Å². The van der Waals surface area contributed by atoms with Gasteiger partial charge in [-0.2, -0.15) is 0 Å². The van der Waals surface area contributed by atoms with Gasteiger partial charge in [0.25, 0.3) is 0 Å². The van der Waals surface area contributed by atoms with Crippen molar-refractivity contribution in [3.63, 3.8) is 0 Å². The molecule has 84 valence electrons. The van der Waals surface area contributed by atoms with Crippen LogP contribution in [0.5, 0.6) is 0 Å². The summed E-state index contributed by atoms with van der Waals surface area (Å²) >= 11 is 3.35. The number of thiazole rings is 1. The minimum Gasteiger partial charge on any atom is -0.391 e. The molecule has 0 aliphatic heterocycles. The molecule has 2 aromatic rings. The van der Waals surface area contributed by atoms with E-state index in [2.05, 4.69) is 36.2 Å². The summed E-state index contributed by atoms with van der Waals surface area (Å²) in [5.74, 6) is 0.869. The van der Waals surface area contributed by atoms with E-state index >= 15 is 0 Å². The Kier molecular flexibility index (Phi) is 3.98. The van der Waals surface area contributed by atoms with E-state index in [1.54, 1.807) is 29.3 Å². The fourth-order valence-corrected chi connectivity index (χ4v) is 2.95. The maximum atomic E-state index is 8.93. The summed E-state index contributed by atoms with van der Waals surface area (Å²) in [5, 5.41) is 9.99.